The first-order valence-electron chi connectivity index (χ1n) is 11.4. The van der Waals surface area contributed by atoms with Crippen LogP contribution in [-0.2, 0) is 11.3 Å². The van der Waals surface area contributed by atoms with Gasteiger partial charge in [-0.2, -0.15) is 0 Å². The Bertz CT molecular complexity index is 865. The van der Waals surface area contributed by atoms with Crippen LogP contribution in [0.1, 0.15) is 91.9 Å². The van der Waals surface area contributed by atoms with E-state index >= 15 is 0 Å². The van der Waals surface area contributed by atoms with Gasteiger partial charge < -0.3 is 4.74 Å². The van der Waals surface area contributed by atoms with E-state index in [4.69, 9.17) is 4.74 Å². The van der Waals surface area contributed by atoms with Gasteiger partial charge in [0.05, 0.1) is 12.7 Å². The first-order valence-corrected chi connectivity index (χ1v) is 11.4. The zero-order valence-corrected chi connectivity index (χ0v) is 17.7. The molecule has 0 aliphatic heterocycles. The first-order chi connectivity index (χ1) is 14.5. The maximum Gasteiger partial charge on any atom is 0.162 e. The summed E-state index contributed by atoms with van der Waals surface area (Å²) in [4.78, 5) is 0. The molecule has 2 aromatic carbocycles. The minimum Gasteiger partial charge on any atom is -0.374 e. The molecule has 2 fully saturated rings. The minimum atomic E-state index is -0.641. The van der Waals surface area contributed by atoms with Crippen molar-refractivity contribution in [3.63, 3.8) is 0 Å². The summed E-state index contributed by atoms with van der Waals surface area (Å²) in [6.45, 7) is 2.12. The Labute approximate surface area is 177 Å². The molecule has 1 nitrogen and oxygen atoms in total. The molecule has 0 atom stereocenters. The lowest BCUT2D eigenvalue weighted by Gasteiger charge is -2.30. The second kappa shape index (κ2) is 9.55. The van der Waals surface area contributed by atoms with Crippen molar-refractivity contribution in [2.24, 2.45) is 0 Å². The van der Waals surface area contributed by atoms with Gasteiger partial charge in [0.25, 0.3) is 0 Å². The van der Waals surface area contributed by atoms with Crippen molar-refractivity contribution in [3.05, 3.63) is 70.0 Å². The van der Waals surface area contributed by atoms with Crippen LogP contribution in [0.3, 0.4) is 0 Å². The van der Waals surface area contributed by atoms with Crippen LogP contribution in [0.5, 0.6) is 0 Å². The molecule has 0 unspecified atom stereocenters. The summed E-state index contributed by atoms with van der Waals surface area (Å²) in [5, 5.41) is 0. The van der Waals surface area contributed by atoms with E-state index in [-0.39, 0.29) is 23.8 Å². The molecule has 30 heavy (non-hydrogen) atoms. The Morgan fingerprint density at radius 1 is 0.767 bits per heavy atom. The minimum absolute atomic E-state index is 0.0385. The van der Waals surface area contributed by atoms with Gasteiger partial charge in [-0.3, -0.25) is 0 Å². The Morgan fingerprint density at radius 3 is 1.97 bits per heavy atom. The number of halogens is 3. The molecule has 2 aliphatic carbocycles. The van der Waals surface area contributed by atoms with Gasteiger partial charge in [0, 0.05) is 0 Å². The van der Waals surface area contributed by atoms with Gasteiger partial charge in [0.1, 0.15) is 5.82 Å². The highest BCUT2D eigenvalue weighted by Crippen LogP contribution is 2.39. The monoisotopic (exact) mass is 416 g/mol. The SMILES string of the molecule is Cc1ccc(COC2CCC(c3ccc(C4CCCCC4)c(F)c3F)CC2)cc1F. The molecule has 2 aliphatic rings. The standard InChI is InChI=1S/C26H31F3O/c1-17-7-8-18(15-24(17)27)16-30-21-11-9-20(10-12-21)23-14-13-22(25(28)26(23)29)19-5-3-2-4-6-19/h7-8,13-15,19-21H,2-6,9-12,16H2,1H3. The summed E-state index contributed by atoms with van der Waals surface area (Å²) in [5.41, 5.74) is 2.54. The van der Waals surface area contributed by atoms with Gasteiger partial charge in [0.15, 0.2) is 11.6 Å². The van der Waals surface area contributed by atoms with Crippen molar-refractivity contribution in [3.8, 4) is 0 Å². The third-order valence-corrected chi connectivity index (χ3v) is 7.02. The van der Waals surface area contributed by atoms with Gasteiger partial charge in [-0.05, 0) is 85.6 Å². The quantitative estimate of drug-likeness (QED) is 0.485. The van der Waals surface area contributed by atoms with Gasteiger partial charge in [-0.1, -0.05) is 43.5 Å². The summed E-state index contributed by atoms with van der Waals surface area (Å²) in [7, 11) is 0. The first kappa shape index (κ1) is 21.4. The lowest BCUT2D eigenvalue weighted by molar-refractivity contribution is 0.0130. The molecule has 4 rings (SSSR count). The molecule has 0 amide bonds. The van der Waals surface area contributed by atoms with E-state index in [1.54, 1.807) is 13.0 Å². The molecular weight excluding hydrogens is 385 g/mol. The lowest BCUT2D eigenvalue weighted by atomic mass is 9.80. The maximum atomic E-state index is 14.9. The average Bonchev–Trinajstić information content (AvgIpc) is 2.77. The fraction of sp³-hybridized carbons (Fsp3) is 0.538. The van der Waals surface area contributed by atoms with E-state index in [1.165, 1.54) is 12.5 Å². The van der Waals surface area contributed by atoms with Crippen molar-refractivity contribution < 1.29 is 17.9 Å². The van der Waals surface area contributed by atoms with Gasteiger partial charge in [0.2, 0.25) is 0 Å². The highest BCUT2D eigenvalue weighted by Gasteiger charge is 2.28. The van der Waals surface area contributed by atoms with Crippen LogP contribution in [0.4, 0.5) is 13.2 Å². The second-order valence-electron chi connectivity index (χ2n) is 9.08. The highest BCUT2D eigenvalue weighted by molar-refractivity contribution is 5.32. The number of hydrogen-bond donors (Lipinski definition) is 0. The third kappa shape index (κ3) is 4.74. The van der Waals surface area contributed by atoms with Crippen molar-refractivity contribution in [2.75, 3.05) is 0 Å². The zero-order chi connectivity index (χ0) is 21.1. The summed E-state index contributed by atoms with van der Waals surface area (Å²) in [6.07, 6.45) is 8.60. The van der Waals surface area contributed by atoms with E-state index in [0.29, 0.717) is 23.3 Å². The molecule has 0 spiro atoms. The highest BCUT2D eigenvalue weighted by atomic mass is 19.2. The van der Waals surface area contributed by atoms with Crippen LogP contribution in [0.25, 0.3) is 0 Å². The number of ether oxygens (including phenoxy) is 1. The smallest absolute Gasteiger partial charge is 0.162 e. The average molecular weight is 417 g/mol. The van der Waals surface area contributed by atoms with E-state index in [0.717, 1.165) is 56.9 Å². The lowest BCUT2D eigenvalue weighted by Crippen LogP contribution is -2.21. The molecule has 0 saturated heterocycles. The second-order valence-corrected chi connectivity index (χ2v) is 9.08. The summed E-state index contributed by atoms with van der Waals surface area (Å²) in [6, 6.07) is 8.82. The van der Waals surface area contributed by atoms with E-state index < -0.39 is 11.6 Å². The van der Waals surface area contributed by atoms with Crippen molar-refractivity contribution in [1.82, 2.24) is 0 Å². The number of rotatable bonds is 5. The van der Waals surface area contributed by atoms with Crippen molar-refractivity contribution in [1.29, 1.82) is 0 Å². The molecule has 0 aromatic heterocycles. The van der Waals surface area contributed by atoms with Crippen LogP contribution in [0, 0.1) is 24.4 Å². The summed E-state index contributed by atoms with van der Waals surface area (Å²) < 4.78 is 49.4. The predicted molar refractivity (Wildman–Crippen MR) is 113 cm³/mol. The van der Waals surface area contributed by atoms with Crippen molar-refractivity contribution in [2.45, 2.75) is 89.3 Å². The van der Waals surface area contributed by atoms with E-state index in [2.05, 4.69) is 0 Å². The fourth-order valence-electron chi connectivity index (χ4n) is 5.10. The van der Waals surface area contributed by atoms with Gasteiger partial charge >= 0.3 is 0 Å². The molecule has 0 heterocycles. The third-order valence-electron chi connectivity index (χ3n) is 7.02. The molecule has 162 valence electrons. The van der Waals surface area contributed by atoms with Crippen LogP contribution in [-0.4, -0.2) is 6.10 Å². The Hall–Kier alpha value is -1.81. The fourth-order valence-corrected chi connectivity index (χ4v) is 5.10. The molecule has 2 saturated carbocycles. The summed E-state index contributed by atoms with van der Waals surface area (Å²) in [5.74, 6) is -1.28. The van der Waals surface area contributed by atoms with Crippen molar-refractivity contribution >= 4 is 0 Å². The Balaban J connectivity index is 1.34. The van der Waals surface area contributed by atoms with Crippen LogP contribution >= 0.6 is 0 Å². The van der Waals surface area contributed by atoms with Gasteiger partial charge in [-0.25, -0.2) is 13.2 Å². The van der Waals surface area contributed by atoms with Crippen LogP contribution < -0.4 is 0 Å². The van der Waals surface area contributed by atoms with Crippen LogP contribution in [0.2, 0.25) is 0 Å². The number of aryl methyl sites for hydroxylation is 1. The molecule has 2 aromatic rings. The maximum absolute atomic E-state index is 14.9. The zero-order valence-electron chi connectivity index (χ0n) is 17.7. The molecule has 0 N–H and O–H groups in total. The molecular formula is C26H31F3O. The van der Waals surface area contributed by atoms with E-state index in [1.807, 2.05) is 18.2 Å². The number of benzene rings is 2. The molecule has 0 bridgehead atoms. The van der Waals surface area contributed by atoms with E-state index in [9.17, 15) is 13.2 Å². The van der Waals surface area contributed by atoms with Gasteiger partial charge in [-0.15, -0.1) is 0 Å². The Morgan fingerprint density at radius 2 is 1.37 bits per heavy atom. The number of hydrogen-bond acceptors (Lipinski definition) is 1. The normalized spacial score (nSPS) is 22.9. The molecule has 4 heteroatoms. The Kier molecular flexibility index (Phi) is 6.82. The largest absolute Gasteiger partial charge is 0.374 e. The summed E-state index contributed by atoms with van der Waals surface area (Å²) >= 11 is 0. The topological polar surface area (TPSA) is 9.23 Å². The predicted octanol–water partition coefficient (Wildman–Crippen LogP) is 7.70. The molecule has 0 radical (unpaired) electrons. The van der Waals surface area contributed by atoms with Crippen LogP contribution in [0.15, 0.2) is 30.3 Å².